The minimum Gasteiger partial charge on any atom is -0.508 e. The molecule has 0 aliphatic heterocycles. The highest BCUT2D eigenvalue weighted by Gasteiger charge is 2.54. The van der Waals surface area contributed by atoms with E-state index in [1.807, 2.05) is 48.5 Å². The number of carbonyl (C=O) groups is 1. The molecule has 0 unspecified atom stereocenters. The van der Waals surface area contributed by atoms with E-state index in [4.69, 9.17) is 8.85 Å². The van der Waals surface area contributed by atoms with Gasteiger partial charge in [0.05, 0.1) is 0 Å². The van der Waals surface area contributed by atoms with E-state index in [1.165, 1.54) is 0 Å². The zero-order chi connectivity index (χ0) is 28.2. The maximum Gasteiger partial charge on any atom is 0.323 e. The Morgan fingerprint density at radius 3 is 1.08 bits per heavy atom. The van der Waals surface area contributed by atoms with Crippen LogP contribution in [-0.4, -0.2) is 29.2 Å². The summed E-state index contributed by atoms with van der Waals surface area (Å²) in [6.45, 7) is 13.1. The van der Waals surface area contributed by atoms with Crippen LogP contribution in [0.2, 0.25) is 10.1 Å². The van der Waals surface area contributed by atoms with Crippen molar-refractivity contribution in [1.82, 2.24) is 0 Å². The number of benzene rings is 4. The van der Waals surface area contributed by atoms with Crippen LogP contribution in [0.5, 0.6) is 0 Å². The lowest BCUT2D eigenvalue weighted by atomic mass is 10.2. The molecule has 0 heterocycles. The minimum atomic E-state index is -3.03. The third kappa shape index (κ3) is 5.57. The van der Waals surface area contributed by atoms with Gasteiger partial charge in [-0.2, -0.15) is 0 Å². The fourth-order valence-corrected chi connectivity index (χ4v) is 14.6. The molecule has 4 aromatic rings. The Balaban J connectivity index is 1.78. The lowest BCUT2D eigenvalue weighted by Gasteiger charge is -2.44. The van der Waals surface area contributed by atoms with Gasteiger partial charge in [0, 0.05) is 0 Å². The number of rotatable bonds is 8. The van der Waals surface area contributed by atoms with Crippen LogP contribution in [0.4, 0.5) is 0 Å². The summed E-state index contributed by atoms with van der Waals surface area (Å²) < 4.78 is 13.7. The van der Waals surface area contributed by atoms with E-state index in [0.717, 1.165) is 20.7 Å². The SMILES string of the molecule is CC(C)(C)[Si](OCC(=O)O[Si](c1ccccc1)(c1ccccc1)C(C)(C)C)(c1ccccc1)c1ccccc1. The van der Waals surface area contributed by atoms with E-state index in [1.54, 1.807) is 0 Å². The topological polar surface area (TPSA) is 35.5 Å². The highest BCUT2D eigenvalue weighted by Crippen LogP contribution is 2.38. The van der Waals surface area contributed by atoms with E-state index < -0.39 is 16.6 Å². The molecule has 0 N–H and O–H groups in total. The Labute approximate surface area is 236 Å². The van der Waals surface area contributed by atoms with Crippen LogP contribution in [0.1, 0.15) is 41.5 Å². The molecule has 0 atom stereocenters. The van der Waals surface area contributed by atoms with E-state index in [-0.39, 0.29) is 22.7 Å². The summed E-state index contributed by atoms with van der Waals surface area (Å²) in [5.74, 6) is -0.322. The van der Waals surface area contributed by atoms with Gasteiger partial charge < -0.3 is 8.85 Å². The number of carbonyl (C=O) groups excluding carboxylic acids is 1. The fraction of sp³-hybridized carbons (Fsp3) is 0.265. The molecule has 0 radical (unpaired) electrons. The fourth-order valence-electron chi connectivity index (χ4n) is 5.78. The first-order chi connectivity index (χ1) is 18.5. The van der Waals surface area contributed by atoms with Crippen LogP contribution in [0, 0.1) is 0 Å². The highest BCUT2D eigenvalue weighted by molar-refractivity contribution is 7.01. The molecule has 4 aromatic carbocycles. The maximum absolute atomic E-state index is 14.0. The second kappa shape index (κ2) is 11.5. The van der Waals surface area contributed by atoms with Crippen LogP contribution in [-0.2, 0) is 13.6 Å². The largest absolute Gasteiger partial charge is 0.508 e. The molecule has 0 spiro atoms. The Bertz CT molecular complexity index is 1260. The Morgan fingerprint density at radius 2 is 0.795 bits per heavy atom. The van der Waals surface area contributed by atoms with Crippen LogP contribution in [0.15, 0.2) is 121 Å². The first-order valence-electron chi connectivity index (χ1n) is 13.6. The average Bonchev–Trinajstić information content (AvgIpc) is 2.93. The first-order valence-corrected chi connectivity index (χ1v) is 17.4. The van der Waals surface area contributed by atoms with Gasteiger partial charge in [0.25, 0.3) is 8.32 Å². The zero-order valence-corrected chi connectivity index (χ0v) is 26.0. The van der Waals surface area contributed by atoms with Crippen LogP contribution < -0.4 is 20.7 Å². The quantitative estimate of drug-likeness (QED) is 0.265. The van der Waals surface area contributed by atoms with E-state index in [0.29, 0.717) is 0 Å². The standard InChI is InChI=1S/C34H40O3Si2/c1-33(2,3)38(28-19-11-7-12-20-28,29-21-13-8-14-22-29)36-27-32(35)37-39(34(4,5)6,30-23-15-9-16-24-30)31-25-17-10-18-26-31/h7-26H,27H2,1-6H3. The van der Waals surface area contributed by atoms with Gasteiger partial charge >= 0.3 is 14.3 Å². The second-order valence-corrected chi connectivity index (χ2v) is 20.6. The predicted octanol–water partition coefficient (Wildman–Crippen LogP) is 5.67. The molecule has 202 valence electrons. The van der Waals surface area contributed by atoms with Gasteiger partial charge in [-0.1, -0.05) is 163 Å². The van der Waals surface area contributed by atoms with Crippen molar-refractivity contribution in [3.8, 4) is 0 Å². The summed E-state index contributed by atoms with van der Waals surface area (Å²) in [5.41, 5.74) is 0. The number of hydrogen-bond donors (Lipinski definition) is 0. The summed E-state index contributed by atoms with van der Waals surface area (Å²) in [7, 11) is -5.90. The Hall–Kier alpha value is -3.26. The molecule has 5 heteroatoms. The molecule has 0 saturated carbocycles. The van der Waals surface area contributed by atoms with E-state index in [9.17, 15) is 4.79 Å². The van der Waals surface area contributed by atoms with Crippen molar-refractivity contribution in [1.29, 1.82) is 0 Å². The highest BCUT2D eigenvalue weighted by atomic mass is 28.4. The van der Waals surface area contributed by atoms with Crippen molar-refractivity contribution in [2.45, 2.75) is 51.6 Å². The molecular formula is C34H40O3Si2. The second-order valence-electron chi connectivity index (χ2n) is 12.1. The van der Waals surface area contributed by atoms with Gasteiger partial charge in [-0.25, -0.2) is 0 Å². The molecule has 0 aliphatic carbocycles. The van der Waals surface area contributed by atoms with Crippen LogP contribution >= 0.6 is 0 Å². The molecule has 4 rings (SSSR count). The monoisotopic (exact) mass is 552 g/mol. The Kier molecular flexibility index (Phi) is 8.45. The van der Waals surface area contributed by atoms with Crippen molar-refractivity contribution in [3.63, 3.8) is 0 Å². The molecule has 39 heavy (non-hydrogen) atoms. The van der Waals surface area contributed by atoms with E-state index in [2.05, 4.69) is 114 Å². The molecule has 0 bridgehead atoms. The maximum atomic E-state index is 14.0. The summed E-state index contributed by atoms with van der Waals surface area (Å²) >= 11 is 0. The minimum absolute atomic E-state index is 0.113. The summed E-state index contributed by atoms with van der Waals surface area (Å²) in [6.07, 6.45) is 0. The molecule has 0 aromatic heterocycles. The summed E-state index contributed by atoms with van der Waals surface area (Å²) in [6, 6.07) is 41.3. The van der Waals surface area contributed by atoms with Crippen LogP contribution in [0.25, 0.3) is 0 Å². The smallest absolute Gasteiger partial charge is 0.323 e. The van der Waals surface area contributed by atoms with Gasteiger partial charge in [-0.3, -0.25) is 4.79 Å². The summed E-state index contributed by atoms with van der Waals surface area (Å²) in [5, 5.41) is 3.89. The van der Waals surface area contributed by atoms with Crippen molar-refractivity contribution < 1.29 is 13.6 Å². The van der Waals surface area contributed by atoms with Gasteiger partial charge in [0.15, 0.2) is 0 Å². The lowest BCUT2D eigenvalue weighted by molar-refractivity contribution is -0.137. The van der Waals surface area contributed by atoms with Crippen molar-refractivity contribution in [3.05, 3.63) is 121 Å². The first kappa shape index (κ1) is 28.7. The normalized spacial score (nSPS) is 12.7. The molecule has 3 nitrogen and oxygen atoms in total. The molecular weight excluding hydrogens is 513 g/mol. The zero-order valence-electron chi connectivity index (χ0n) is 24.0. The van der Waals surface area contributed by atoms with Crippen molar-refractivity contribution in [2.75, 3.05) is 6.61 Å². The number of hydrogen-bond acceptors (Lipinski definition) is 3. The molecule has 0 saturated heterocycles. The molecule has 0 amide bonds. The van der Waals surface area contributed by atoms with Gasteiger partial charge in [-0.05, 0) is 30.8 Å². The molecule has 0 aliphatic rings. The average molecular weight is 553 g/mol. The van der Waals surface area contributed by atoms with Crippen molar-refractivity contribution in [2.24, 2.45) is 0 Å². The van der Waals surface area contributed by atoms with Gasteiger partial charge in [0.1, 0.15) is 6.61 Å². The summed E-state index contributed by atoms with van der Waals surface area (Å²) in [4.78, 5) is 14.0. The van der Waals surface area contributed by atoms with Gasteiger partial charge in [-0.15, -0.1) is 0 Å². The third-order valence-corrected chi connectivity index (χ3v) is 17.4. The third-order valence-electron chi connectivity index (χ3n) is 7.51. The van der Waals surface area contributed by atoms with Crippen LogP contribution in [0.3, 0.4) is 0 Å². The van der Waals surface area contributed by atoms with E-state index >= 15 is 0 Å². The Morgan fingerprint density at radius 1 is 0.513 bits per heavy atom. The van der Waals surface area contributed by atoms with Crippen molar-refractivity contribution >= 4 is 43.4 Å². The lowest BCUT2D eigenvalue weighted by Crippen LogP contribution is -2.69. The van der Waals surface area contributed by atoms with Gasteiger partial charge in [0.2, 0.25) is 0 Å². The molecule has 0 fully saturated rings. The predicted molar refractivity (Wildman–Crippen MR) is 167 cm³/mol.